The molecule has 0 aliphatic rings. The minimum atomic E-state index is -0.770. The average Bonchev–Trinajstić information content (AvgIpc) is 2.51. The third-order valence-electron chi connectivity index (χ3n) is 3.15. The maximum atomic E-state index is 12.0. The molecule has 0 spiro atoms. The Kier molecular flexibility index (Phi) is 3.62. The summed E-state index contributed by atoms with van der Waals surface area (Å²) in [5.41, 5.74) is 3.50. The number of hydrogen-bond donors (Lipinski definition) is 3. The highest BCUT2D eigenvalue weighted by Crippen LogP contribution is 2.29. The van der Waals surface area contributed by atoms with Crippen molar-refractivity contribution in [2.75, 3.05) is 24.6 Å². The SMILES string of the molecule is CCN(C)C(=O)c1nccc(Nc2c(N)c(=O)c2=O)c1O. The number of carbonyl (C=O) groups excluding carboxylic acids is 1. The topological polar surface area (TPSA) is 126 Å². The van der Waals surface area contributed by atoms with Crippen LogP contribution in [-0.4, -0.2) is 34.5 Å². The first kappa shape index (κ1) is 14.5. The van der Waals surface area contributed by atoms with Crippen molar-refractivity contribution in [2.45, 2.75) is 6.92 Å². The Labute approximate surface area is 119 Å². The molecular weight excluding hydrogens is 276 g/mol. The molecule has 8 heteroatoms. The molecule has 0 saturated heterocycles. The number of pyridine rings is 1. The van der Waals surface area contributed by atoms with E-state index in [0.29, 0.717) is 6.54 Å². The number of nitrogens with one attached hydrogen (secondary N) is 1. The monoisotopic (exact) mass is 290 g/mol. The van der Waals surface area contributed by atoms with Crippen molar-refractivity contribution in [3.05, 3.63) is 38.4 Å². The fraction of sp³-hybridized carbons (Fsp3) is 0.231. The molecule has 0 fully saturated rings. The summed E-state index contributed by atoms with van der Waals surface area (Å²) in [5.74, 6) is -0.869. The van der Waals surface area contributed by atoms with E-state index in [1.54, 1.807) is 14.0 Å². The zero-order valence-electron chi connectivity index (χ0n) is 11.5. The van der Waals surface area contributed by atoms with Gasteiger partial charge in [-0.2, -0.15) is 0 Å². The highest BCUT2D eigenvalue weighted by atomic mass is 16.3. The minimum absolute atomic E-state index is 0.0802. The van der Waals surface area contributed by atoms with Gasteiger partial charge in [-0.25, -0.2) is 4.98 Å². The predicted molar refractivity (Wildman–Crippen MR) is 77.6 cm³/mol. The lowest BCUT2D eigenvalue weighted by Crippen LogP contribution is -2.36. The summed E-state index contributed by atoms with van der Waals surface area (Å²) in [5, 5.41) is 12.6. The number of rotatable bonds is 4. The molecule has 2 rings (SSSR count). The molecule has 1 aromatic carbocycles. The van der Waals surface area contributed by atoms with Gasteiger partial charge in [-0.1, -0.05) is 0 Å². The van der Waals surface area contributed by atoms with Gasteiger partial charge in [0.15, 0.2) is 11.4 Å². The van der Waals surface area contributed by atoms with Crippen LogP contribution in [0.1, 0.15) is 17.4 Å². The lowest BCUT2D eigenvalue weighted by molar-refractivity contribution is 0.0793. The van der Waals surface area contributed by atoms with E-state index < -0.39 is 22.5 Å². The second-order valence-corrected chi connectivity index (χ2v) is 4.45. The van der Waals surface area contributed by atoms with Crippen molar-refractivity contribution in [2.24, 2.45) is 0 Å². The van der Waals surface area contributed by atoms with Gasteiger partial charge in [0.1, 0.15) is 11.4 Å². The second-order valence-electron chi connectivity index (χ2n) is 4.45. The zero-order chi connectivity index (χ0) is 15.7. The molecule has 1 heterocycles. The normalized spacial score (nSPS) is 10.6. The van der Waals surface area contributed by atoms with E-state index in [-0.39, 0.29) is 22.8 Å². The van der Waals surface area contributed by atoms with Crippen LogP contribution in [-0.2, 0) is 0 Å². The molecule has 4 N–H and O–H groups in total. The number of anilines is 3. The Morgan fingerprint density at radius 1 is 1.43 bits per heavy atom. The number of hydrogen-bond acceptors (Lipinski definition) is 7. The van der Waals surface area contributed by atoms with Crippen molar-refractivity contribution in [1.29, 1.82) is 0 Å². The van der Waals surface area contributed by atoms with Gasteiger partial charge >= 0.3 is 0 Å². The van der Waals surface area contributed by atoms with E-state index in [9.17, 15) is 19.5 Å². The molecule has 110 valence electrons. The average molecular weight is 290 g/mol. The summed E-state index contributed by atoms with van der Waals surface area (Å²) in [6.45, 7) is 2.23. The number of carbonyl (C=O) groups is 1. The van der Waals surface area contributed by atoms with Gasteiger partial charge < -0.3 is 21.1 Å². The Morgan fingerprint density at radius 2 is 2.10 bits per heavy atom. The molecule has 0 aliphatic carbocycles. The van der Waals surface area contributed by atoms with Crippen LogP contribution in [0.3, 0.4) is 0 Å². The van der Waals surface area contributed by atoms with Crippen LogP contribution in [0.2, 0.25) is 0 Å². The lowest BCUT2D eigenvalue weighted by atomic mass is 10.2. The number of amides is 1. The summed E-state index contributed by atoms with van der Waals surface area (Å²) < 4.78 is 0. The molecule has 1 amide bonds. The van der Waals surface area contributed by atoms with Crippen molar-refractivity contribution in [1.82, 2.24) is 9.88 Å². The largest absolute Gasteiger partial charge is 0.504 e. The minimum Gasteiger partial charge on any atom is -0.504 e. The first-order chi connectivity index (χ1) is 9.88. The van der Waals surface area contributed by atoms with Crippen molar-refractivity contribution in [3.8, 4) is 5.75 Å². The molecule has 0 atom stereocenters. The molecule has 2 aromatic rings. The predicted octanol–water partition coefficient (Wildman–Crippen LogP) is -0.199. The van der Waals surface area contributed by atoms with Gasteiger partial charge in [0.2, 0.25) is 0 Å². The van der Waals surface area contributed by atoms with Gasteiger partial charge in [-0.05, 0) is 13.0 Å². The van der Waals surface area contributed by atoms with Gasteiger partial charge in [0, 0.05) is 19.8 Å². The van der Waals surface area contributed by atoms with Crippen LogP contribution in [0.25, 0.3) is 0 Å². The van der Waals surface area contributed by atoms with E-state index in [0.717, 1.165) is 0 Å². The highest BCUT2D eigenvalue weighted by molar-refractivity contribution is 5.97. The third-order valence-corrected chi connectivity index (χ3v) is 3.15. The number of nitrogens with two attached hydrogens (primary N) is 1. The molecule has 1 aromatic heterocycles. The van der Waals surface area contributed by atoms with E-state index in [1.807, 2.05) is 0 Å². The van der Waals surface area contributed by atoms with E-state index in [2.05, 4.69) is 10.3 Å². The van der Waals surface area contributed by atoms with Gasteiger partial charge in [0.05, 0.1) is 5.69 Å². The van der Waals surface area contributed by atoms with E-state index in [4.69, 9.17) is 5.73 Å². The fourth-order valence-corrected chi connectivity index (χ4v) is 1.70. The van der Waals surface area contributed by atoms with Crippen LogP contribution in [0.5, 0.6) is 5.75 Å². The maximum Gasteiger partial charge on any atom is 0.276 e. The third kappa shape index (κ3) is 2.31. The second kappa shape index (κ2) is 5.23. The number of nitrogen functional groups attached to an aromatic ring is 1. The Balaban J connectivity index is 2.37. The zero-order valence-corrected chi connectivity index (χ0v) is 11.5. The smallest absolute Gasteiger partial charge is 0.276 e. The van der Waals surface area contributed by atoms with E-state index >= 15 is 0 Å². The summed E-state index contributed by atoms with van der Waals surface area (Å²) in [7, 11) is 1.57. The molecule has 0 aliphatic heterocycles. The summed E-state index contributed by atoms with van der Waals surface area (Å²) >= 11 is 0. The van der Waals surface area contributed by atoms with Crippen molar-refractivity contribution < 1.29 is 9.90 Å². The Morgan fingerprint density at radius 3 is 2.67 bits per heavy atom. The maximum absolute atomic E-state index is 12.0. The Bertz CT molecular complexity index is 777. The quantitative estimate of drug-likeness (QED) is 0.666. The first-order valence-electron chi connectivity index (χ1n) is 6.17. The summed E-state index contributed by atoms with van der Waals surface area (Å²) in [6.07, 6.45) is 1.31. The first-order valence-corrected chi connectivity index (χ1v) is 6.17. The van der Waals surface area contributed by atoms with Crippen molar-refractivity contribution >= 4 is 23.0 Å². The molecule has 0 unspecified atom stereocenters. The van der Waals surface area contributed by atoms with E-state index in [1.165, 1.54) is 17.2 Å². The van der Waals surface area contributed by atoms with Crippen LogP contribution < -0.4 is 21.9 Å². The number of aromatic hydroxyl groups is 1. The van der Waals surface area contributed by atoms with Crippen LogP contribution >= 0.6 is 0 Å². The van der Waals surface area contributed by atoms with Crippen LogP contribution in [0, 0.1) is 0 Å². The molecule has 0 radical (unpaired) electrons. The van der Waals surface area contributed by atoms with Gasteiger partial charge in [0.25, 0.3) is 16.8 Å². The molecular formula is C13H14N4O4. The molecule has 0 bridgehead atoms. The number of nitrogens with zero attached hydrogens (tertiary/aromatic N) is 2. The molecule has 8 nitrogen and oxygen atoms in total. The molecule has 21 heavy (non-hydrogen) atoms. The fourth-order valence-electron chi connectivity index (χ4n) is 1.70. The van der Waals surface area contributed by atoms with Crippen LogP contribution in [0.15, 0.2) is 21.9 Å². The summed E-state index contributed by atoms with van der Waals surface area (Å²) in [4.78, 5) is 39.6. The highest BCUT2D eigenvalue weighted by Gasteiger charge is 2.22. The summed E-state index contributed by atoms with van der Waals surface area (Å²) in [6, 6.07) is 1.37. The number of aromatic nitrogens is 1. The lowest BCUT2D eigenvalue weighted by Gasteiger charge is -2.16. The van der Waals surface area contributed by atoms with Crippen molar-refractivity contribution in [3.63, 3.8) is 0 Å². The van der Waals surface area contributed by atoms with Crippen LogP contribution in [0.4, 0.5) is 17.1 Å². The van der Waals surface area contributed by atoms with Gasteiger partial charge in [-0.15, -0.1) is 0 Å². The standard InChI is InChI=1S/C13H14N4O4/c1-3-17(2)13(21)9-10(18)6(4-5-15-9)16-8-7(14)11(19)12(8)20/h4-5,18H,3,14H2,1-2H3,(H,15,16). The Hall–Kier alpha value is -2.90. The molecule has 0 saturated carbocycles. The van der Waals surface area contributed by atoms with Gasteiger partial charge in [-0.3, -0.25) is 14.4 Å².